The number of carboxylic acids is 2. The molecule has 0 aromatic heterocycles. The molecule has 0 bridgehead atoms. The van der Waals surface area contributed by atoms with Gasteiger partial charge in [-0.05, 0) is 6.42 Å². The van der Waals surface area contributed by atoms with Gasteiger partial charge in [0.25, 0.3) is 0 Å². The SMILES string of the molecule is CCC(C#N)C(C(=O)O)C(=O)O. The Hall–Kier alpha value is -1.57. The molecule has 5 nitrogen and oxygen atoms in total. The first-order valence-corrected chi connectivity index (χ1v) is 3.39. The second kappa shape index (κ2) is 4.34. The van der Waals surface area contributed by atoms with E-state index in [9.17, 15) is 9.59 Å². The van der Waals surface area contributed by atoms with Crippen molar-refractivity contribution in [3.05, 3.63) is 0 Å². The lowest BCUT2D eigenvalue weighted by molar-refractivity contribution is -0.156. The Bertz CT molecular complexity index is 216. The third-order valence-electron chi connectivity index (χ3n) is 1.54. The number of nitrogens with zero attached hydrogens (tertiary/aromatic N) is 1. The van der Waals surface area contributed by atoms with Crippen LogP contribution in [0.5, 0.6) is 0 Å². The molecule has 0 aliphatic carbocycles. The van der Waals surface area contributed by atoms with E-state index in [1.165, 1.54) is 0 Å². The van der Waals surface area contributed by atoms with Gasteiger partial charge in [0.05, 0.1) is 12.0 Å². The van der Waals surface area contributed by atoms with Crippen LogP contribution in [0.3, 0.4) is 0 Å². The molecule has 0 radical (unpaired) electrons. The maximum Gasteiger partial charge on any atom is 0.319 e. The average Bonchev–Trinajstić information content (AvgIpc) is 1.98. The highest BCUT2D eigenvalue weighted by Gasteiger charge is 2.33. The molecule has 0 saturated carbocycles. The normalized spacial score (nSPS) is 12.1. The summed E-state index contributed by atoms with van der Waals surface area (Å²) in [6.07, 6.45) is 0.222. The first-order valence-electron chi connectivity index (χ1n) is 3.39. The van der Waals surface area contributed by atoms with Crippen LogP contribution in [0.1, 0.15) is 13.3 Å². The zero-order valence-corrected chi connectivity index (χ0v) is 6.52. The first-order chi connectivity index (χ1) is 5.54. The van der Waals surface area contributed by atoms with Gasteiger partial charge < -0.3 is 10.2 Å². The van der Waals surface area contributed by atoms with Crippen LogP contribution in [-0.2, 0) is 9.59 Å². The Kier molecular flexibility index (Phi) is 3.77. The molecule has 0 aliphatic rings. The van der Waals surface area contributed by atoms with Crippen molar-refractivity contribution in [3.8, 4) is 6.07 Å². The van der Waals surface area contributed by atoms with Crippen molar-refractivity contribution in [3.63, 3.8) is 0 Å². The van der Waals surface area contributed by atoms with Crippen molar-refractivity contribution in [1.29, 1.82) is 5.26 Å². The molecule has 1 atom stereocenters. The van der Waals surface area contributed by atoms with Crippen molar-refractivity contribution < 1.29 is 19.8 Å². The van der Waals surface area contributed by atoms with Crippen LogP contribution in [0.4, 0.5) is 0 Å². The van der Waals surface area contributed by atoms with Crippen LogP contribution in [0.25, 0.3) is 0 Å². The second-order valence-electron chi connectivity index (χ2n) is 2.30. The summed E-state index contributed by atoms with van der Waals surface area (Å²) < 4.78 is 0. The van der Waals surface area contributed by atoms with Crippen LogP contribution in [0.15, 0.2) is 0 Å². The van der Waals surface area contributed by atoms with Crippen molar-refractivity contribution in [2.24, 2.45) is 11.8 Å². The number of hydrogen-bond acceptors (Lipinski definition) is 3. The summed E-state index contributed by atoms with van der Waals surface area (Å²) in [4.78, 5) is 20.7. The van der Waals surface area contributed by atoms with E-state index in [-0.39, 0.29) is 6.42 Å². The molecule has 0 aromatic rings. The summed E-state index contributed by atoms with van der Waals surface area (Å²) in [6, 6.07) is 1.65. The molecule has 1 unspecified atom stereocenters. The summed E-state index contributed by atoms with van der Waals surface area (Å²) in [6.45, 7) is 1.58. The molecule has 0 rings (SSSR count). The number of carbonyl (C=O) groups is 2. The van der Waals surface area contributed by atoms with E-state index in [4.69, 9.17) is 15.5 Å². The predicted octanol–water partition coefficient (Wildman–Crippen LogP) is 0.322. The first kappa shape index (κ1) is 10.4. The molecule has 5 heteroatoms. The topological polar surface area (TPSA) is 98.4 Å². The third-order valence-corrected chi connectivity index (χ3v) is 1.54. The zero-order valence-electron chi connectivity index (χ0n) is 6.52. The van der Waals surface area contributed by atoms with Gasteiger partial charge in [0.15, 0.2) is 5.92 Å². The van der Waals surface area contributed by atoms with E-state index in [0.717, 1.165) is 0 Å². The molecule has 66 valence electrons. The quantitative estimate of drug-likeness (QED) is 0.593. The number of hydrogen-bond donors (Lipinski definition) is 2. The van der Waals surface area contributed by atoms with Crippen molar-refractivity contribution >= 4 is 11.9 Å². The molecule has 0 heterocycles. The maximum atomic E-state index is 10.4. The second-order valence-corrected chi connectivity index (χ2v) is 2.30. The van der Waals surface area contributed by atoms with Gasteiger partial charge in [0, 0.05) is 0 Å². The average molecular weight is 171 g/mol. The highest BCUT2D eigenvalue weighted by Crippen LogP contribution is 2.15. The molecule has 12 heavy (non-hydrogen) atoms. The minimum Gasteiger partial charge on any atom is -0.481 e. The minimum absolute atomic E-state index is 0.222. The van der Waals surface area contributed by atoms with Gasteiger partial charge in [0.2, 0.25) is 0 Å². The highest BCUT2D eigenvalue weighted by molar-refractivity contribution is 5.93. The molecule has 0 aliphatic heterocycles. The standard InChI is InChI=1S/C7H9NO4/c1-2-4(3-8)5(6(9)10)7(11)12/h4-5H,2H2,1H3,(H,9,10)(H,11,12). The van der Waals surface area contributed by atoms with E-state index in [1.807, 2.05) is 0 Å². The van der Waals surface area contributed by atoms with Gasteiger partial charge in [-0.1, -0.05) is 6.92 Å². The minimum atomic E-state index is -1.61. The summed E-state index contributed by atoms with van der Waals surface area (Å²) in [7, 11) is 0. The monoisotopic (exact) mass is 171 g/mol. The summed E-state index contributed by atoms with van der Waals surface area (Å²) in [5.74, 6) is -5.49. The summed E-state index contributed by atoms with van der Waals surface area (Å²) in [5.41, 5.74) is 0. The molecular weight excluding hydrogens is 162 g/mol. The van der Waals surface area contributed by atoms with E-state index < -0.39 is 23.8 Å². The number of rotatable bonds is 4. The van der Waals surface area contributed by atoms with Gasteiger partial charge in [-0.3, -0.25) is 9.59 Å². The molecule has 0 aromatic carbocycles. The number of aliphatic carboxylic acids is 2. The fourth-order valence-electron chi connectivity index (χ4n) is 0.851. The van der Waals surface area contributed by atoms with Crippen LogP contribution in [-0.4, -0.2) is 22.2 Å². The lowest BCUT2D eigenvalue weighted by atomic mass is 9.92. The van der Waals surface area contributed by atoms with E-state index in [2.05, 4.69) is 0 Å². The van der Waals surface area contributed by atoms with Crippen LogP contribution in [0, 0.1) is 23.2 Å². The van der Waals surface area contributed by atoms with E-state index >= 15 is 0 Å². The van der Waals surface area contributed by atoms with Crippen molar-refractivity contribution in [2.75, 3.05) is 0 Å². The van der Waals surface area contributed by atoms with Crippen LogP contribution >= 0.6 is 0 Å². The molecule has 0 saturated heterocycles. The molecular formula is C7H9NO4. The van der Waals surface area contributed by atoms with E-state index in [0.29, 0.717) is 0 Å². The summed E-state index contributed by atoms with van der Waals surface area (Å²) in [5, 5.41) is 25.3. The third kappa shape index (κ3) is 2.23. The number of nitriles is 1. The molecule has 0 spiro atoms. The fourth-order valence-corrected chi connectivity index (χ4v) is 0.851. The summed E-state index contributed by atoms with van der Waals surface area (Å²) >= 11 is 0. The molecule has 2 N–H and O–H groups in total. The Labute approximate surface area is 69.2 Å². The Morgan fingerprint density at radius 2 is 1.83 bits per heavy atom. The maximum absolute atomic E-state index is 10.4. The Morgan fingerprint density at radius 1 is 1.42 bits per heavy atom. The predicted molar refractivity (Wildman–Crippen MR) is 38.2 cm³/mol. The van der Waals surface area contributed by atoms with Gasteiger partial charge in [-0.2, -0.15) is 5.26 Å². The van der Waals surface area contributed by atoms with Crippen molar-refractivity contribution in [2.45, 2.75) is 13.3 Å². The molecule has 0 amide bonds. The van der Waals surface area contributed by atoms with Crippen LogP contribution < -0.4 is 0 Å². The zero-order chi connectivity index (χ0) is 9.72. The van der Waals surface area contributed by atoms with Crippen molar-refractivity contribution in [1.82, 2.24) is 0 Å². The van der Waals surface area contributed by atoms with E-state index in [1.54, 1.807) is 13.0 Å². The fraction of sp³-hybridized carbons (Fsp3) is 0.571. The Morgan fingerprint density at radius 3 is 1.92 bits per heavy atom. The molecule has 0 fully saturated rings. The highest BCUT2D eigenvalue weighted by atomic mass is 16.4. The number of carboxylic acid groups (broad SMARTS) is 2. The largest absolute Gasteiger partial charge is 0.481 e. The van der Waals surface area contributed by atoms with Gasteiger partial charge in [0.1, 0.15) is 0 Å². The lowest BCUT2D eigenvalue weighted by Crippen LogP contribution is -2.30. The van der Waals surface area contributed by atoms with Crippen LogP contribution in [0.2, 0.25) is 0 Å². The van der Waals surface area contributed by atoms with Gasteiger partial charge in [-0.15, -0.1) is 0 Å². The lowest BCUT2D eigenvalue weighted by Gasteiger charge is -2.10. The smallest absolute Gasteiger partial charge is 0.319 e. The van der Waals surface area contributed by atoms with Gasteiger partial charge in [-0.25, -0.2) is 0 Å². The Balaban J connectivity index is 4.62. The van der Waals surface area contributed by atoms with Gasteiger partial charge >= 0.3 is 11.9 Å².